The third-order valence-corrected chi connectivity index (χ3v) is 2.86. The number of hydrogen-bond donors (Lipinski definition) is 2. The fourth-order valence-corrected chi connectivity index (χ4v) is 1.46. The summed E-state index contributed by atoms with van der Waals surface area (Å²) >= 11 is 0. The molecule has 1 amide bonds. The number of benzene rings is 1. The van der Waals surface area contributed by atoms with Crippen molar-refractivity contribution in [3.8, 4) is 0 Å². The lowest BCUT2D eigenvalue weighted by Crippen LogP contribution is -2.25. The van der Waals surface area contributed by atoms with E-state index in [1.165, 1.54) is 5.56 Å². The van der Waals surface area contributed by atoms with Gasteiger partial charge in [-0.15, -0.1) is 0 Å². The van der Waals surface area contributed by atoms with Crippen molar-refractivity contribution in [1.29, 1.82) is 0 Å². The Morgan fingerprint density at radius 2 is 2.06 bits per heavy atom. The van der Waals surface area contributed by atoms with E-state index in [2.05, 4.69) is 5.32 Å². The summed E-state index contributed by atoms with van der Waals surface area (Å²) in [7, 11) is 0. The van der Waals surface area contributed by atoms with Crippen LogP contribution in [-0.4, -0.2) is 17.6 Å². The summed E-state index contributed by atoms with van der Waals surface area (Å²) in [5, 5.41) is 11.8. The third kappa shape index (κ3) is 3.07. The summed E-state index contributed by atoms with van der Waals surface area (Å²) in [5.41, 5.74) is 3.14. The van der Waals surface area contributed by atoms with Gasteiger partial charge >= 0.3 is 0 Å². The molecular formula is C13H19NO2. The van der Waals surface area contributed by atoms with Crippen LogP contribution in [0, 0.1) is 19.8 Å². The van der Waals surface area contributed by atoms with Crippen molar-refractivity contribution in [3.63, 3.8) is 0 Å². The molecule has 0 spiro atoms. The Hall–Kier alpha value is -1.35. The van der Waals surface area contributed by atoms with Crippen LogP contribution in [0.25, 0.3) is 0 Å². The Kier molecular flexibility index (Phi) is 4.50. The van der Waals surface area contributed by atoms with E-state index in [1.807, 2.05) is 39.0 Å². The quantitative estimate of drug-likeness (QED) is 0.819. The first-order valence-electron chi connectivity index (χ1n) is 5.57. The first-order valence-corrected chi connectivity index (χ1v) is 5.57. The molecular weight excluding hydrogens is 202 g/mol. The molecule has 0 fully saturated rings. The summed E-state index contributed by atoms with van der Waals surface area (Å²) in [4.78, 5) is 11.7. The van der Waals surface area contributed by atoms with E-state index in [9.17, 15) is 4.79 Å². The minimum absolute atomic E-state index is 0.104. The van der Waals surface area contributed by atoms with Gasteiger partial charge in [-0.05, 0) is 43.5 Å². The lowest BCUT2D eigenvalue weighted by molar-refractivity contribution is -0.121. The highest BCUT2D eigenvalue weighted by atomic mass is 16.3. The third-order valence-electron chi connectivity index (χ3n) is 2.86. The molecule has 0 bridgehead atoms. The Morgan fingerprint density at radius 1 is 1.38 bits per heavy atom. The summed E-state index contributed by atoms with van der Waals surface area (Å²) in [6, 6.07) is 5.80. The number of carbonyl (C=O) groups excluding carboxylic acids is 1. The van der Waals surface area contributed by atoms with Crippen LogP contribution < -0.4 is 5.32 Å². The SMILES string of the molecule is CCC(CO)C(=O)Nc1ccc(C)c(C)c1. The summed E-state index contributed by atoms with van der Waals surface area (Å²) in [5.74, 6) is -0.435. The topological polar surface area (TPSA) is 49.3 Å². The van der Waals surface area contributed by atoms with Gasteiger partial charge in [-0.3, -0.25) is 4.79 Å². The predicted octanol–water partition coefficient (Wildman–Crippen LogP) is 2.26. The van der Waals surface area contributed by atoms with E-state index in [0.717, 1.165) is 11.3 Å². The molecule has 0 aliphatic carbocycles. The van der Waals surface area contributed by atoms with Crippen molar-refractivity contribution >= 4 is 11.6 Å². The first-order chi connectivity index (χ1) is 7.58. The Morgan fingerprint density at radius 3 is 2.56 bits per heavy atom. The number of amides is 1. The Bertz CT molecular complexity index is 370. The number of nitrogens with one attached hydrogen (secondary N) is 1. The van der Waals surface area contributed by atoms with Crippen molar-refractivity contribution in [2.24, 2.45) is 5.92 Å². The average Bonchev–Trinajstić information content (AvgIpc) is 2.25. The molecule has 1 aromatic carbocycles. The van der Waals surface area contributed by atoms with E-state index in [0.29, 0.717) is 6.42 Å². The number of hydrogen-bond acceptors (Lipinski definition) is 2. The Labute approximate surface area is 96.5 Å². The van der Waals surface area contributed by atoms with Crippen LogP contribution in [0.2, 0.25) is 0 Å². The summed E-state index contributed by atoms with van der Waals surface area (Å²) in [6.45, 7) is 5.83. The molecule has 0 saturated carbocycles. The first kappa shape index (κ1) is 12.7. The molecule has 0 heterocycles. The smallest absolute Gasteiger partial charge is 0.229 e. The van der Waals surface area contributed by atoms with Gasteiger partial charge in [0, 0.05) is 5.69 Å². The lowest BCUT2D eigenvalue weighted by Gasteiger charge is -2.13. The van der Waals surface area contributed by atoms with Gasteiger partial charge < -0.3 is 10.4 Å². The maximum atomic E-state index is 11.7. The van der Waals surface area contributed by atoms with Gasteiger partial charge in [-0.25, -0.2) is 0 Å². The Balaban J connectivity index is 2.73. The van der Waals surface area contributed by atoms with E-state index >= 15 is 0 Å². The van der Waals surface area contributed by atoms with Gasteiger partial charge in [-0.2, -0.15) is 0 Å². The minimum Gasteiger partial charge on any atom is -0.396 e. The van der Waals surface area contributed by atoms with Crippen LogP contribution in [0.5, 0.6) is 0 Å². The molecule has 3 nitrogen and oxygen atoms in total. The predicted molar refractivity (Wildman–Crippen MR) is 65.4 cm³/mol. The van der Waals surface area contributed by atoms with E-state index in [4.69, 9.17) is 5.11 Å². The number of aliphatic hydroxyl groups excluding tert-OH is 1. The second-order valence-corrected chi connectivity index (χ2v) is 4.08. The van der Waals surface area contributed by atoms with Gasteiger partial charge in [0.15, 0.2) is 0 Å². The van der Waals surface area contributed by atoms with Crippen molar-refractivity contribution in [2.75, 3.05) is 11.9 Å². The van der Waals surface area contributed by atoms with Gasteiger partial charge in [-0.1, -0.05) is 13.0 Å². The second kappa shape index (κ2) is 5.66. The zero-order valence-electron chi connectivity index (χ0n) is 10.1. The zero-order chi connectivity index (χ0) is 12.1. The summed E-state index contributed by atoms with van der Waals surface area (Å²) in [6.07, 6.45) is 0.646. The van der Waals surface area contributed by atoms with Crippen molar-refractivity contribution in [1.82, 2.24) is 0 Å². The van der Waals surface area contributed by atoms with E-state index < -0.39 is 0 Å². The highest BCUT2D eigenvalue weighted by molar-refractivity contribution is 5.92. The van der Waals surface area contributed by atoms with Crippen LogP contribution in [0.3, 0.4) is 0 Å². The molecule has 88 valence electrons. The molecule has 0 aromatic heterocycles. The van der Waals surface area contributed by atoms with Crippen LogP contribution in [-0.2, 0) is 4.79 Å². The standard InChI is InChI=1S/C13H19NO2/c1-4-11(8-15)13(16)14-12-6-5-9(2)10(3)7-12/h5-7,11,15H,4,8H2,1-3H3,(H,14,16). The molecule has 1 aromatic rings. The van der Waals surface area contributed by atoms with Crippen LogP contribution in [0.1, 0.15) is 24.5 Å². The molecule has 1 atom stereocenters. The van der Waals surface area contributed by atoms with Gasteiger partial charge in [0.25, 0.3) is 0 Å². The van der Waals surface area contributed by atoms with Crippen molar-refractivity contribution < 1.29 is 9.90 Å². The second-order valence-electron chi connectivity index (χ2n) is 4.08. The highest BCUT2D eigenvalue weighted by Gasteiger charge is 2.15. The molecule has 0 saturated heterocycles. The van der Waals surface area contributed by atoms with Crippen LogP contribution in [0.15, 0.2) is 18.2 Å². The fraction of sp³-hybridized carbons (Fsp3) is 0.462. The average molecular weight is 221 g/mol. The van der Waals surface area contributed by atoms with Gasteiger partial charge in [0.1, 0.15) is 0 Å². The molecule has 0 radical (unpaired) electrons. The van der Waals surface area contributed by atoms with Crippen LogP contribution >= 0.6 is 0 Å². The maximum Gasteiger partial charge on any atom is 0.229 e. The van der Waals surface area contributed by atoms with Crippen LogP contribution in [0.4, 0.5) is 5.69 Å². The van der Waals surface area contributed by atoms with Crippen molar-refractivity contribution in [2.45, 2.75) is 27.2 Å². The number of aryl methyl sites for hydroxylation is 2. The molecule has 2 N–H and O–H groups in total. The molecule has 1 unspecified atom stereocenters. The normalized spacial score (nSPS) is 12.2. The minimum atomic E-state index is -0.318. The fourth-order valence-electron chi connectivity index (χ4n) is 1.46. The number of rotatable bonds is 4. The molecule has 0 aliphatic heterocycles. The molecule has 3 heteroatoms. The lowest BCUT2D eigenvalue weighted by atomic mass is 10.1. The van der Waals surface area contributed by atoms with E-state index in [-0.39, 0.29) is 18.4 Å². The zero-order valence-corrected chi connectivity index (χ0v) is 10.1. The molecule has 1 rings (SSSR count). The number of anilines is 1. The monoisotopic (exact) mass is 221 g/mol. The van der Waals surface area contributed by atoms with Crippen molar-refractivity contribution in [3.05, 3.63) is 29.3 Å². The molecule has 0 aliphatic rings. The van der Waals surface area contributed by atoms with Gasteiger partial charge in [0.05, 0.1) is 12.5 Å². The maximum absolute atomic E-state index is 11.7. The summed E-state index contributed by atoms with van der Waals surface area (Å²) < 4.78 is 0. The largest absolute Gasteiger partial charge is 0.396 e. The number of carbonyl (C=O) groups is 1. The number of aliphatic hydroxyl groups is 1. The van der Waals surface area contributed by atoms with Gasteiger partial charge in [0.2, 0.25) is 5.91 Å². The van der Waals surface area contributed by atoms with E-state index in [1.54, 1.807) is 0 Å². The highest BCUT2D eigenvalue weighted by Crippen LogP contribution is 2.15. The molecule has 16 heavy (non-hydrogen) atoms.